The zero-order valence-electron chi connectivity index (χ0n) is 10.9. The molecule has 17 heavy (non-hydrogen) atoms. The maximum Gasteiger partial charge on any atom is 0.313 e. The molecule has 0 aromatic heterocycles. The van der Waals surface area contributed by atoms with Crippen molar-refractivity contribution in [1.82, 2.24) is 9.80 Å². The van der Waals surface area contributed by atoms with E-state index in [4.69, 9.17) is 4.74 Å². The van der Waals surface area contributed by atoms with E-state index in [1.54, 1.807) is 6.92 Å². The van der Waals surface area contributed by atoms with Crippen molar-refractivity contribution < 1.29 is 14.3 Å². The third-order valence-electron chi connectivity index (χ3n) is 2.99. The van der Waals surface area contributed by atoms with Gasteiger partial charge < -0.3 is 9.64 Å². The number of carbonyl (C=O) groups is 2. The molecule has 98 valence electrons. The zero-order valence-corrected chi connectivity index (χ0v) is 10.9. The molecule has 1 saturated heterocycles. The minimum absolute atomic E-state index is 0.0557. The fourth-order valence-electron chi connectivity index (χ4n) is 2.07. The Balaban J connectivity index is 2.33. The van der Waals surface area contributed by atoms with Gasteiger partial charge in [0.2, 0.25) is 0 Å². The number of nitrogens with zero attached hydrogens (tertiary/aromatic N) is 2. The van der Waals surface area contributed by atoms with Gasteiger partial charge in [0.1, 0.15) is 6.42 Å². The zero-order chi connectivity index (χ0) is 12.8. The second-order valence-corrected chi connectivity index (χ2v) is 4.60. The standard InChI is InChI=1S/C12H22N2O3/c1-4-17-12(16)7-11(15)9-14-6-5-13(3)8-10(14)2/h10H,4-9H2,1-3H3. The summed E-state index contributed by atoms with van der Waals surface area (Å²) in [5.74, 6) is -0.473. The molecule has 0 aromatic carbocycles. The molecule has 1 atom stereocenters. The fourth-order valence-corrected chi connectivity index (χ4v) is 2.07. The van der Waals surface area contributed by atoms with Crippen LogP contribution in [-0.2, 0) is 14.3 Å². The lowest BCUT2D eigenvalue weighted by molar-refractivity contribution is -0.145. The van der Waals surface area contributed by atoms with Crippen LogP contribution >= 0.6 is 0 Å². The minimum atomic E-state index is -0.417. The van der Waals surface area contributed by atoms with Gasteiger partial charge in [0.15, 0.2) is 5.78 Å². The number of piperazine rings is 1. The first-order chi connectivity index (χ1) is 8.02. The van der Waals surface area contributed by atoms with E-state index in [1.807, 2.05) is 0 Å². The summed E-state index contributed by atoms with van der Waals surface area (Å²) in [6.45, 7) is 7.35. The maximum absolute atomic E-state index is 11.7. The largest absolute Gasteiger partial charge is 0.466 e. The molecule has 1 aliphatic rings. The van der Waals surface area contributed by atoms with E-state index in [0.29, 0.717) is 19.2 Å². The van der Waals surface area contributed by atoms with Gasteiger partial charge in [-0.25, -0.2) is 0 Å². The van der Waals surface area contributed by atoms with Crippen molar-refractivity contribution in [2.24, 2.45) is 0 Å². The molecule has 0 aromatic rings. The van der Waals surface area contributed by atoms with Gasteiger partial charge in [-0.3, -0.25) is 14.5 Å². The van der Waals surface area contributed by atoms with Crippen LogP contribution in [-0.4, -0.2) is 67.4 Å². The van der Waals surface area contributed by atoms with Crippen LogP contribution in [0.1, 0.15) is 20.3 Å². The number of Topliss-reactive ketones (excluding diaryl/α,β-unsaturated/α-hetero) is 1. The fraction of sp³-hybridized carbons (Fsp3) is 0.833. The molecule has 0 N–H and O–H groups in total. The number of hydrogen-bond donors (Lipinski definition) is 0. The van der Waals surface area contributed by atoms with Crippen molar-refractivity contribution in [1.29, 1.82) is 0 Å². The minimum Gasteiger partial charge on any atom is -0.466 e. The number of rotatable bonds is 5. The van der Waals surface area contributed by atoms with E-state index in [0.717, 1.165) is 19.6 Å². The Labute approximate surface area is 103 Å². The lowest BCUT2D eigenvalue weighted by Crippen LogP contribution is -2.51. The lowest BCUT2D eigenvalue weighted by atomic mass is 10.1. The highest BCUT2D eigenvalue weighted by molar-refractivity contribution is 5.96. The quantitative estimate of drug-likeness (QED) is 0.507. The van der Waals surface area contributed by atoms with Crippen LogP contribution in [0, 0.1) is 0 Å². The molecule has 1 heterocycles. The van der Waals surface area contributed by atoms with Crippen molar-refractivity contribution in [2.45, 2.75) is 26.3 Å². The number of likely N-dealkylation sites (N-methyl/N-ethyl adjacent to an activating group) is 1. The molecule has 0 radical (unpaired) electrons. The Morgan fingerprint density at radius 2 is 2.06 bits per heavy atom. The number of esters is 1. The van der Waals surface area contributed by atoms with E-state index in [2.05, 4.69) is 23.8 Å². The number of ether oxygens (including phenoxy) is 1. The molecule has 0 amide bonds. The Kier molecular flexibility index (Phi) is 5.58. The molecule has 1 rings (SSSR count). The van der Waals surface area contributed by atoms with Gasteiger partial charge in [-0.2, -0.15) is 0 Å². The smallest absolute Gasteiger partial charge is 0.313 e. The molecule has 1 unspecified atom stereocenters. The molecule has 0 bridgehead atoms. The molecule has 0 saturated carbocycles. The molecular weight excluding hydrogens is 220 g/mol. The highest BCUT2D eigenvalue weighted by atomic mass is 16.5. The monoisotopic (exact) mass is 242 g/mol. The summed E-state index contributed by atoms with van der Waals surface area (Å²) in [5.41, 5.74) is 0. The summed E-state index contributed by atoms with van der Waals surface area (Å²) in [6, 6.07) is 0.361. The summed E-state index contributed by atoms with van der Waals surface area (Å²) in [7, 11) is 2.08. The van der Waals surface area contributed by atoms with Crippen LogP contribution in [0.5, 0.6) is 0 Å². The van der Waals surface area contributed by atoms with E-state index in [-0.39, 0.29) is 12.2 Å². The van der Waals surface area contributed by atoms with Crippen molar-refractivity contribution in [3.8, 4) is 0 Å². The molecule has 1 aliphatic heterocycles. The highest BCUT2D eigenvalue weighted by Gasteiger charge is 2.24. The first kappa shape index (κ1) is 14.1. The molecular formula is C12H22N2O3. The van der Waals surface area contributed by atoms with E-state index < -0.39 is 5.97 Å². The average Bonchev–Trinajstić information content (AvgIpc) is 2.22. The van der Waals surface area contributed by atoms with Crippen molar-refractivity contribution >= 4 is 11.8 Å². The first-order valence-electron chi connectivity index (χ1n) is 6.12. The summed E-state index contributed by atoms with van der Waals surface area (Å²) >= 11 is 0. The summed E-state index contributed by atoms with van der Waals surface area (Å²) in [5, 5.41) is 0. The van der Waals surface area contributed by atoms with E-state index in [1.165, 1.54) is 0 Å². The predicted molar refractivity (Wildman–Crippen MR) is 64.8 cm³/mol. The van der Waals surface area contributed by atoms with E-state index in [9.17, 15) is 9.59 Å². The second-order valence-electron chi connectivity index (χ2n) is 4.60. The number of ketones is 1. The summed E-state index contributed by atoms with van der Waals surface area (Å²) in [6.07, 6.45) is -0.104. The van der Waals surface area contributed by atoms with Gasteiger partial charge in [-0.1, -0.05) is 0 Å². The number of carbonyl (C=O) groups excluding carboxylic acids is 2. The van der Waals surface area contributed by atoms with E-state index >= 15 is 0 Å². The topological polar surface area (TPSA) is 49.9 Å². The molecule has 1 fully saturated rings. The summed E-state index contributed by atoms with van der Waals surface area (Å²) < 4.78 is 4.76. The van der Waals surface area contributed by atoms with Gasteiger partial charge in [0.05, 0.1) is 13.2 Å². The van der Waals surface area contributed by atoms with Crippen molar-refractivity contribution in [3.63, 3.8) is 0 Å². The van der Waals surface area contributed by atoms with Gasteiger partial charge in [0.25, 0.3) is 0 Å². The Morgan fingerprint density at radius 3 is 2.65 bits per heavy atom. The van der Waals surface area contributed by atoms with Crippen LogP contribution in [0.4, 0.5) is 0 Å². The molecule has 0 spiro atoms. The maximum atomic E-state index is 11.7. The van der Waals surface area contributed by atoms with Gasteiger partial charge in [-0.05, 0) is 20.9 Å². The normalized spacial score (nSPS) is 22.4. The molecule has 5 nitrogen and oxygen atoms in total. The summed E-state index contributed by atoms with van der Waals surface area (Å²) in [4.78, 5) is 27.2. The molecule has 5 heteroatoms. The second kappa shape index (κ2) is 6.71. The Bertz CT molecular complexity index is 281. The third-order valence-corrected chi connectivity index (χ3v) is 2.99. The van der Waals surface area contributed by atoms with Crippen LogP contribution in [0.2, 0.25) is 0 Å². The van der Waals surface area contributed by atoms with Crippen LogP contribution in [0.3, 0.4) is 0 Å². The molecule has 0 aliphatic carbocycles. The van der Waals surface area contributed by atoms with Crippen molar-refractivity contribution in [2.75, 3.05) is 39.8 Å². The van der Waals surface area contributed by atoms with Crippen molar-refractivity contribution in [3.05, 3.63) is 0 Å². The predicted octanol–water partition coefficient (Wildman–Crippen LogP) is 0.145. The number of hydrogen-bond acceptors (Lipinski definition) is 5. The van der Waals surface area contributed by atoms with Gasteiger partial charge in [-0.15, -0.1) is 0 Å². The lowest BCUT2D eigenvalue weighted by Gasteiger charge is -2.37. The highest BCUT2D eigenvalue weighted by Crippen LogP contribution is 2.07. The first-order valence-corrected chi connectivity index (χ1v) is 6.12. The Hall–Kier alpha value is -0.940. The van der Waals surface area contributed by atoms with Crippen LogP contribution in [0.25, 0.3) is 0 Å². The van der Waals surface area contributed by atoms with Crippen LogP contribution in [0.15, 0.2) is 0 Å². The third kappa shape index (κ3) is 4.83. The Morgan fingerprint density at radius 1 is 1.35 bits per heavy atom. The van der Waals surface area contributed by atoms with Gasteiger partial charge >= 0.3 is 5.97 Å². The van der Waals surface area contributed by atoms with Gasteiger partial charge in [0, 0.05) is 25.7 Å². The van der Waals surface area contributed by atoms with Crippen LogP contribution < -0.4 is 0 Å². The average molecular weight is 242 g/mol. The SMILES string of the molecule is CCOC(=O)CC(=O)CN1CCN(C)CC1C.